The van der Waals surface area contributed by atoms with Gasteiger partial charge in [-0.1, -0.05) is 51.2 Å². The SMILES string of the molecule is CCCCC/C=C\CC(O)C(CC(C(O)CCCCCCC=O)[N+](=O)[O-])[N+](=O)[O-]. The monoisotopic (exact) mass is 416 g/mol. The highest BCUT2D eigenvalue weighted by molar-refractivity contribution is 5.48. The topological polar surface area (TPSA) is 144 Å². The lowest BCUT2D eigenvalue weighted by molar-refractivity contribution is -0.573. The van der Waals surface area contributed by atoms with Crippen LogP contribution in [0.1, 0.15) is 84.0 Å². The molecule has 0 rings (SSSR count). The third-order valence-corrected chi connectivity index (χ3v) is 5.00. The highest BCUT2D eigenvalue weighted by Gasteiger charge is 2.40. The summed E-state index contributed by atoms with van der Waals surface area (Å²) in [6, 6.07) is -3.00. The van der Waals surface area contributed by atoms with Gasteiger partial charge in [0.1, 0.15) is 18.5 Å². The number of nitrogens with zero attached hydrogens (tertiary/aromatic N) is 2. The number of allylic oxidation sites excluding steroid dienone is 1. The summed E-state index contributed by atoms with van der Waals surface area (Å²) < 4.78 is 0. The van der Waals surface area contributed by atoms with Crippen molar-refractivity contribution in [1.29, 1.82) is 0 Å². The predicted molar refractivity (Wildman–Crippen MR) is 110 cm³/mol. The summed E-state index contributed by atoms with van der Waals surface area (Å²) in [7, 11) is 0. The van der Waals surface area contributed by atoms with Crippen LogP contribution >= 0.6 is 0 Å². The van der Waals surface area contributed by atoms with Gasteiger partial charge in [0.15, 0.2) is 0 Å². The number of unbranched alkanes of at least 4 members (excludes halogenated alkanes) is 7. The van der Waals surface area contributed by atoms with Gasteiger partial charge in [-0.25, -0.2) is 0 Å². The van der Waals surface area contributed by atoms with Crippen molar-refractivity contribution < 1.29 is 24.9 Å². The number of hydrogen-bond acceptors (Lipinski definition) is 7. The number of carbonyl (C=O) groups is 1. The number of aliphatic hydroxyl groups is 2. The fourth-order valence-corrected chi connectivity index (χ4v) is 3.16. The number of aliphatic hydroxyl groups excluding tert-OH is 2. The fraction of sp³-hybridized carbons (Fsp3) is 0.850. The molecular formula is C20H36N2O7. The maximum Gasteiger partial charge on any atom is 0.245 e. The minimum Gasteiger partial charge on any atom is -0.386 e. The van der Waals surface area contributed by atoms with E-state index in [-0.39, 0.29) is 12.8 Å². The second kappa shape index (κ2) is 17.0. The second-order valence-corrected chi connectivity index (χ2v) is 7.44. The van der Waals surface area contributed by atoms with Crippen LogP contribution in [-0.4, -0.2) is 50.6 Å². The minimum atomic E-state index is -1.51. The second-order valence-electron chi connectivity index (χ2n) is 7.44. The van der Waals surface area contributed by atoms with Crippen molar-refractivity contribution in [3.63, 3.8) is 0 Å². The van der Waals surface area contributed by atoms with Crippen LogP contribution in [-0.2, 0) is 4.79 Å². The van der Waals surface area contributed by atoms with E-state index >= 15 is 0 Å². The largest absolute Gasteiger partial charge is 0.386 e. The van der Waals surface area contributed by atoms with Gasteiger partial charge in [-0.3, -0.25) is 20.2 Å². The molecule has 0 aromatic carbocycles. The quantitative estimate of drug-likeness (QED) is 0.108. The van der Waals surface area contributed by atoms with Crippen LogP contribution in [0, 0.1) is 20.2 Å². The number of aldehydes is 1. The summed E-state index contributed by atoms with van der Waals surface area (Å²) in [4.78, 5) is 31.6. The molecule has 0 radical (unpaired) electrons. The zero-order valence-corrected chi connectivity index (χ0v) is 17.4. The van der Waals surface area contributed by atoms with Crippen molar-refractivity contribution in [3.05, 3.63) is 32.4 Å². The minimum absolute atomic E-state index is 0.0506. The van der Waals surface area contributed by atoms with Gasteiger partial charge in [-0.05, 0) is 32.1 Å². The molecule has 0 aromatic rings. The van der Waals surface area contributed by atoms with Crippen LogP contribution in [0.15, 0.2) is 12.2 Å². The van der Waals surface area contributed by atoms with Crippen molar-refractivity contribution in [1.82, 2.24) is 0 Å². The van der Waals surface area contributed by atoms with Crippen LogP contribution in [0.25, 0.3) is 0 Å². The van der Waals surface area contributed by atoms with Gasteiger partial charge in [0.25, 0.3) is 0 Å². The Morgan fingerprint density at radius 1 is 0.828 bits per heavy atom. The summed E-state index contributed by atoms with van der Waals surface area (Å²) >= 11 is 0. The Balaban J connectivity index is 4.63. The summed E-state index contributed by atoms with van der Waals surface area (Å²) in [6.07, 6.45) is 8.67. The zero-order chi connectivity index (χ0) is 22.1. The van der Waals surface area contributed by atoms with Crippen molar-refractivity contribution in [2.75, 3.05) is 0 Å². The van der Waals surface area contributed by atoms with E-state index in [9.17, 15) is 35.2 Å². The maximum atomic E-state index is 11.3. The van der Waals surface area contributed by atoms with Gasteiger partial charge in [0.2, 0.25) is 12.1 Å². The van der Waals surface area contributed by atoms with Crippen molar-refractivity contribution in [2.24, 2.45) is 0 Å². The van der Waals surface area contributed by atoms with E-state index < -0.39 is 40.6 Å². The van der Waals surface area contributed by atoms with Gasteiger partial charge in [0, 0.05) is 16.3 Å². The highest BCUT2D eigenvalue weighted by atomic mass is 16.6. The van der Waals surface area contributed by atoms with Crippen LogP contribution in [0.5, 0.6) is 0 Å². The molecule has 0 bridgehead atoms. The van der Waals surface area contributed by atoms with E-state index in [1.54, 1.807) is 6.08 Å². The highest BCUT2D eigenvalue weighted by Crippen LogP contribution is 2.19. The first kappa shape index (κ1) is 27.1. The van der Waals surface area contributed by atoms with Gasteiger partial charge in [-0.2, -0.15) is 0 Å². The molecule has 0 amide bonds. The maximum absolute atomic E-state index is 11.3. The molecule has 4 atom stereocenters. The normalized spacial score (nSPS) is 15.7. The molecule has 9 heteroatoms. The standard InChI is InChI=1S/C20H36N2O7/c1-2-3-4-5-7-10-13-19(24)17(21(26)27)16-18(22(28)29)20(25)14-11-8-6-9-12-15-23/h7,10,15,17-20,24-25H,2-6,8-9,11-14,16H2,1H3/b10-7-. The third-order valence-electron chi connectivity index (χ3n) is 5.00. The van der Waals surface area contributed by atoms with E-state index in [0.29, 0.717) is 12.8 Å². The Morgan fingerprint density at radius 2 is 1.41 bits per heavy atom. The van der Waals surface area contributed by atoms with Gasteiger partial charge < -0.3 is 15.0 Å². The predicted octanol–water partition coefficient (Wildman–Crippen LogP) is 3.46. The molecule has 0 spiro atoms. The van der Waals surface area contributed by atoms with Gasteiger partial charge in [0.05, 0.1) is 6.42 Å². The first-order valence-electron chi connectivity index (χ1n) is 10.6. The molecule has 0 aromatic heterocycles. The van der Waals surface area contributed by atoms with Crippen molar-refractivity contribution >= 4 is 6.29 Å². The third kappa shape index (κ3) is 13.1. The molecule has 0 fully saturated rings. The van der Waals surface area contributed by atoms with E-state index in [1.165, 1.54) is 0 Å². The van der Waals surface area contributed by atoms with Crippen LogP contribution in [0.3, 0.4) is 0 Å². The van der Waals surface area contributed by atoms with Gasteiger partial charge in [-0.15, -0.1) is 0 Å². The summed E-state index contributed by atoms with van der Waals surface area (Å²) in [6.45, 7) is 2.09. The molecule has 0 aliphatic rings. The molecule has 168 valence electrons. The Labute approximate surface area is 172 Å². The van der Waals surface area contributed by atoms with E-state index in [4.69, 9.17) is 0 Å². The lowest BCUT2D eigenvalue weighted by Gasteiger charge is -2.20. The zero-order valence-electron chi connectivity index (χ0n) is 17.4. The lowest BCUT2D eigenvalue weighted by atomic mass is 9.94. The van der Waals surface area contributed by atoms with E-state index in [1.807, 2.05) is 6.08 Å². The van der Waals surface area contributed by atoms with Crippen molar-refractivity contribution in [2.45, 2.75) is 108 Å². The van der Waals surface area contributed by atoms with Crippen LogP contribution < -0.4 is 0 Å². The molecule has 0 heterocycles. The summed E-state index contributed by atoms with van der Waals surface area (Å²) in [5.74, 6) is 0. The molecule has 0 saturated heterocycles. The Morgan fingerprint density at radius 3 is 2.00 bits per heavy atom. The average molecular weight is 417 g/mol. The summed E-state index contributed by atoms with van der Waals surface area (Å²) in [5, 5.41) is 43.0. The first-order valence-corrected chi connectivity index (χ1v) is 10.6. The Kier molecular flexibility index (Phi) is 15.9. The molecular weight excluding hydrogens is 380 g/mol. The Hall–Kier alpha value is -1.87. The average Bonchev–Trinajstić information content (AvgIpc) is 2.66. The van der Waals surface area contributed by atoms with Crippen molar-refractivity contribution in [3.8, 4) is 0 Å². The number of nitro groups is 2. The number of rotatable bonds is 19. The first-order chi connectivity index (χ1) is 13.8. The number of hydrogen-bond donors (Lipinski definition) is 2. The number of carbonyl (C=O) groups excluding carboxylic acids is 1. The lowest BCUT2D eigenvalue weighted by Crippen LogP contribution is -2.43. The Bertz CT molecular complexity index is 499. The molecule has 0 saturated carbocycles. The van der Waals surface area contributed by atoms with Gasteiger partial charge >= 0.3 is 0 Å². The molecule has 4 unspecified atom stereocenters. The smallest absolute Gasteiger partial charge is 0.245 e. The van der Waals surface area contributed by atoms with Crippen LogP contribution in [0.2, 0.25) is 0 Å². The summed E-state index contributed by atoms with van der Waals surface area (Å²) in [5.41, 5.74) is 0. The van der Waals surface area contributed by atoms with Crippen LogP contribution in [0.4, 0.5) is 0 Å². The fourth-order valence-electron chi connectivity index (χ4n) is 3.16. The molecule has 0 aliphatic carbocycles. The molecule has 29 heavy (non-hydrogen) atoms. The van der Waals surface area contributed by atoms with E-state index in [2.05, 4.69) is 6.92 Å². The van der Waals surface area contributed by atoms with E-state index in [0.717, 1.165) is 51.2 Å². The molecule has 9 nitrogen and oxygen atoms in total. The molecule has 0 aliphatic heterocycles. The molecule has 2 N–H and O–H groups in total.